The van der Waals surface area contributed by atoms with Gasteiger partial charge in [-0.1, -0.05) is 17.7 Å². The van der Waals surface area contributed by atoms with Crippen molar-refractivity contribution in [2.45, 2.75) is 55.1 Å². The Balaban J connectivity index is 1.22. The van der Waals surface area contributed by atoms with Gasteiger partial charge in [0.1, 0.15) is 41.2 Å². The fraction of sp³-hybridized carbons (Fsp3) is 0.293. The summed E-state index contributed by atoms with van der Waals surface area (Å²) in [5, 5.41) is 11.0. The topological polar surface area (TPSA) is 174 Å². The summed E-state index contributed by atoms with van der Waals surface area (Å²) < 4.78 is 158. The predicted molar refractivity (Wildman–Crippen MR) is 224 cm³/mol. The number of rotatable bonds is 12. The predicted octanol–water partition coefficient (Wildman–Crippen LogP) is 7.30. The molecule has 9 rings (SSSR count). The first-order valence-electron chi connectivity index (χ1n) is 19.5. The molecule has 1 amide bonds. The SMILES string of the molecule is Cn1nc(NS(C)(=O)=O)c2c(Cl)ccc(N3Cc4ccc(-c5ccc(F)cc5S(C)(=O)=O)nc4N=C3[C@H](Cc3cc(F)cc(F)c3)NC(=O)Cn3nc(C(F)F)c4c3C(F)(F)[C@@H]3C[C@H]43)c21. The number of amides is 1. The number of amidine groups is 1. The smallest absolute Gasteiger partial charge is 0.293 e. The summed E-state index contributed by atoms with van der Waals surface area (Å²) in [7, 11) is -6.43. The zero-order chi connectivity index (χ0) is 46.7. The summed E-state index contributed by atoms with van der Waals surface area (Å²) in [5.41, 5.74) is -1.10. The van der Waals surface area contributed by atoms with E-state index in [2.05, 4.69) is 25.2 Å². The van der Waals surface area contributed by atoms with Gasteiger partial charge in [-0.2, -0.15) is 19.0 Å². The van der Waals surface area contributed by atoms with Gasteiger partial charge < -0.3 is 10.2 Å². The van der Waals surface area contributed by atoms with Crippen LogP contribution >= 0.6 is 11.6 Å². The third-order valence-electron chi connectivity index (χ3n) is 11.4. The Labute approximate surface area is 370 Å². The molecule has 24 heteroatoms. The molecule has 0 unspecified atom stereocenters. The quantitative estimate of drug-likeness (QED) is 0.119. The van der Waals surface area contributed by atoms with Crippen molar-refractivity contribution in [2.75, 3.05) is 22.1 Å². The number of aliphatic imine (C=N–C) groups is 1. The number of fused-ring (bicyclic) bond motifs is 5. The Kier molecular flexibility index (Phi) is 10.6. The molecule has 2 N–H and O–H groups in total. The number of hydrogen-bond donors (Lipinski definition) is 2. The van der Waals surface area contributed by atoms with E-state index in [-0.39, 0.29) is 79.3 Å². The highest BCUT2D eigenvalue weighted by molar-refractivity contribution is 7.92. The van der Waals surface area contributed by atoms with Gasteiger partial charge in [0.25, 0.3) is 12.3 Å². The summed E-state index contributed by atoms with van der Waals surface area (Å²) in [6.07, 6.45) is -1.89. The van der Waals surface area contributed by atoms with Gasteiger partial charge in [0, 0.05) is 48.4 Å². The molecule has 6 aromatic rings. The van der Waals surface area contributed by atoms with E-state index in [0.29, 0.717) is 16.3 Å². The van der Waals surface area contributed by atoms with Crippen LogP contribution in [0.1, 0.15) is 46.8 Å². The first kappa shape index (κ1) is 44.1. The lowest BCUT2D eigenvalue weighted by atomic mass is 10.0. The van der Waals surface area contributed by atoms with Crippen LogP contribution in [0, 0.1) is 23.4 Å². The first-order valence-corrected chi connectivity index (χ1v) is 23.6. The monoisotopic (exact) mass is 963 g/mol. The molecule has 1 saturated carbocycles. The summed E-state index contributed by atoms with van der Waals surface area (Å²) in [5.74, 6) is -9.81. The number of hydrogen-bond acceptors (Lipinski definition) is 10. The number of aryl methyl sites for hydroxylation is 1. The Bertz CT molecular complexity index is 3250. The van der Waals surface area contributed by atoms with Crippen molar-refractivity contribution in [1.29, 1.82) is 0 Å². The molecular formula is C41H33ClF7N9O5S2. The van der Waals surface area contributed by atoms with Crippen LogP contribution in [0.15, 0.2) is 70.6 Å². The standard InChI is InChI=1S/C41H33ClF7N9O5S2/c1-56-35-29(9-7-26(42)33(35)39(54-56)55-65(3,62)63)57-16-19-4-8-27(23-6-5-20(43)14-30(23)64(2,60)61)51-38(19)52-40(57)28(12-18-10-21(44)13-22(45)11-18)50-31(59)17-58-36-32(34(53-58)37(46)47)24-15-25(24)41(36,48)49/h4-11,13-14,24-25,28,37H,12,15-17H2,1-3H3,(H,50,59)(H,54,55)/t24-,25+,28-/m0/s1. The van der Waals surface area contributed by atoms with E-state index in [1.54, 1.807) is 6.07 Å². The Morgan fingerprint density at radius 3 is 2.35 bits per heavy atom. The van der Waals surface area contributed by atoms with Crippen LogP contribution in [0.4, 0.5) is 48.1 Å². The maximum Gasteiger partial charge on any atom is 0.293 e. The average Bonchev–Trinajstić information content (AvgIpc) is 3.75. The van der Waals surface area contributed by atoms with E-state index in [0.717, 1.165) is 36.8 Å². The van der Waals surface area contributed by atoms with Crippen molar-refractivity contribution < 1.29 is 52.4 Å². The molecule has 0 saturated heterocycles. The highest BCUT2D eigenvalue weighted by Crippen LogP contribution is 2.68. The molecule has 0 bridgehead atoms. The molecule has 3 aliphatic rings. The van der Waals surface area contributed by atoms with E-state index < -0.39 is 97.8 Å². The summed E-state index contributed by atoms with van der Waals surface area (Å²) in [6.45, 7) is -1.15. The minimum Gasteiger partial charge on any atom is -0.344 e. The number of carbonyl (C=O) groups excluding carboxylic acids is 1. The van der Waals surface area contributed by atoms with Gasteiger partial charge >= 0.3 is 0 Å². The van der Waals surface area contributed by atoms with E-state index in [4.69, 9.17) is 16.6 Å². The second-order valence-corrected chi connectivity index (χ2v) is 20.2. The zero-order valence-electron chi connectivity index (χ0n) is 33.9. The third-order valence-corrected chi connectivity index (χ3v) is 13.4. The molecule has 14 nitrogen and oxygen atoms in total. The number of benzene rings is 3. The molecule has 1 fully saturated rings. The highest BCUT2D eigenvalue weighted by Gasteiger charge is 2.67. The lowest BCUT2D eigenvalue weighted by Crippen LogP contribution is -2.51. The number of sulfonamides is 1. The Hall–Kier alpha value is -6.07. The van der Waals surface area contributed by atoms with Gasteiger partial charge in [-0.15, -0.1) is 0 Å². The van der Waals surface area contributed by atoms with Gasteiger partial charge in [0.05, 0.1) is 51.0 Å². The Morgan fingerprint density at radius 1 is 0.954 bits per heavy atom. The van der Waals surface area contributed by atoms with Gasteiger partial charge in [0.2, 0.25) is 15.9 Å². The number of nitrogens with zero attached hydrogens (tertiary/aromatic N) is 7. The zero-order valence-corrected chi connectivity index (χ0v) is 36.3. The number of anilines is 2. The second kappa shape index (κ2) is 15.5. The highest BCUT2D eigenvalue weighted by atomic mass is 35.5. The molecule has 65 heavy (non-hydrogen) atoms. The van der Waals surface area contributed by atoms with Crippen LogP contribution in [0.5, 0.6) is 0 Å². The van der Waals surface area contributed by atoms with E-state index in [1.807, 2.05) is 0 Å². The number of nitrogens with one attached hydrogen (secondary N) is 2. The minimum atomic E-state index is -4.02. The fourth-order valence-electron chi connectivity index (χ4n) is 8.70. The third kappa shape index (κ3) is 8.06. The molecule has 3 aromatic carbocycles. The molecule has 3 aromatic heterocycles. The van der Waals surface area contributed by atoms with Gasteiger partial charge in [0.15, 0.2) is 21.5 Å². The Morgan fingerprint density at radius 2 is 1.68 bits per heavy atom. The number of alkyl halides is 4. The average molecular weight is 964 g/mol. The van der Waals surface area contributed by atoms with Crippen LogP contribution in [0.3, 0.4) is 0 Å². The largest absolute Gasteiger partial charge is 0.344 e. The molecule has 340 valence electrons. The molecule has 2 aliphatic carbocycles. The van der Waals surface area contributed by atoms with E-state index in [1.165, 1.54) is 40.9 Å². The lowest BCUT2D eigenvalue weighted by Gasteiger charge is -2.35. The summed E-state index contributed by atoms with van der Waals surface area (Å²) >= 11 is 6.65. The molecule has 3 atom stereocenters. The van der Waals surface area contributed by atoms with Crippen LogP contribution in [-0.4, -0.2) is 71.7 Å². The molecule has 4 heterocycles. The lowest BCUT2D eigenvalue weighted by molar-refractivity contribution is -0.122. The number of halogens is 8. The van der Waals surface area contributed by atoms with Crippen LogP contribution in [-0.2, 0) is 57.1 Å². The van der Waals surface area contributed by atoms with Crippen LogP contribution in [0.25, 0.3) is 22.2 Å². The molecule has 0 radical (unpaired) electrons. The van der Waals surface area contributed by atoms with Gasteiger partial charge in [-0.05, 0) is 66.4 Å². The normalized spacial score (nSPS) is 18.0. The van der Waals surface area contributed by atoms with E-state index >= 15 is 8.78 Å². The van der Waals surface area contributed by atoms with Crippen molar-refractivity contribution in [1.82, 2.24) is 29.9 Å². The van der Waals surface area contributed by atoms with E-state index in [9.17, 15) is 43.6 Å². The van der Waals surface area contributed by atoms with Gasteiger partial charge in [-0.25, -0.2) is 48.8 Å². The minimum absolute atomic E-state index is 0.0144. The van der Waals surface area contributed by atoms with Crippen LogP contribution in [0.2, 0.25) is 5.02 Å². The van der Waals surface area contributed by atoms with Crippen molar-refractivity contribution >= 4 is 71.4 Å². The van der Waals surface area contributed by atoms with Crippen molar-refractivity contribution in [3.8, 4) is 11.3 Å². The van der Waals surface area contributed by atoms with Gasteiger partial charge in [-0.3, -0.25) is 18.9 Å². The number of sulfone groups is 1. The van der Waals surface area contributed by atoms with Crippen molar-refractivity contribution in [2.24, 2.45) is 18.0 Å². The fourth-order valence-corrected chi connectivity index (χ4v) is 10.3. The first-order chi connectivity index (χ1) is 30.5. The van der Waals surface area contributed by atoms with Crippen LogP contribution < -0.4 is 14.9 Å². The molecule has 0 spiro atoms. The maximum absolute atomic E-state index is 15.6. The maximum atomic E-state index is 15.6. The summed E-state index contributed by atoms with van der Waals surface area (Å²) in [4.78, 5) is 24.8. The van der Waals surface area contributed by atoms with Crippen molar-refractivity contribution in [3.63, 3.8) is 0 Å². The number of aromatic nitrogens is 5. The number of pyridine rings is 1. The molecular weight excluding hydrogens is 931 g/mol. The molecule has 1 aliphatic heterocycles. The number of carbonyl (C=O) groups is 1. The second-order valence-electron chi connectivity index (χ2n) is 16.1. The van der Waals surface area contributed by atoms with Crippen molar-refractivity contribution in [3.05, 3.63) is 111 Å². The summed E-state index contributed by atoms with van der Waals surface area (Å²) in [6, 6.07) is 10.2.